The van der Waals surface area contributed by atoms with Crippen LogP contribution in [-0.2, 0) is 4.74 Å². The molecule has 0 aliphatic heterocycles. The molecule has 2 aromatic heterocycles. The van der Waals surface area contributed by atoms with E-state index in [1.54, 1.807) is 13.8 Å². The van der Waals surface area contributed by atoms with Gasteiger partial charge in [0.1, 0.15) is 17.0 Å². The number of nitrogens with zero attached hydrogens (tertiary/aromatic N) is 2. The molecule has 2 aromatic rings. The zero-order valence-electron chi connectivity index (χ0n) is 10.2. The zero-order valence-corrected chi connectivity index (χ0v) is 11.8. The van der Waals surface area contributed by atoms with Gasteiger partial charge in [0.05, 0.1) is 18.4 Å². The highest BCUT2D eigenvalue weighted by Crippen LogP contribution is 2.33. The smallest absolute Gasteiger partial charge is 0.344 e. The largest absolute Gasteiger partial charge is 0.462 e. The van der Waals surface area contributed by atoms with Crippen LogP contribution < -0.4 is 0 Å². The van der Waals surface area contributed by atoms with Crippen LogP contribution in [0.5, 0.6) is 0 Å². The Morgan fingerprint density at radius 3 is 2.89 bits per heavy atom. The van der Waals surface area contributed by atoms with Gasteiger partial charge in [-0.2, -0.15) is 0 Å². The van der Waals surface area contributed by atoms with Gasteiger partial charge in [0, 0.05) is 10.7 Å². The van der Waals surface area contributed by atoms with E-state index >= 15 is 0 Å². The molecule has 5 nitrogen and oxygen atoms in total. The average Bonchev–Trinajstić information content (AvgIpc) is 2.71. The summed E-state index contributed by atoms with van der Waals surface area (Å²) in [6.07, 6.45) is 2.45. The van der Waals surface area contributed by atoms with Crippen LogP contribution in [0, 0.1) is 12.7 Å². The molecule has 19 heavy (non-hydrogen) atoms. The lowest BCUT2D eigenvalue weighted by molar-refractivity contribution is 0.0525. The molecule has 0 bridgehead atoms. The second kappa shape index (κ2) is 5.48. The number of hydrogen-bond acceptors (Lipinski definition) is 5. The highest BCUT2D eigenvalue weighted by Gasteiger charge is 2.26. The van der Waals surface area contributed by atoms with Crippen molar-refractivity contribution in [1.29, 1.82) is 0 Å². The molecule has 0 spiro atoms. The molecule has 0 aromatic carbocycles. The number of ether oxygens (including phenoxy) is 1. The van der Waals surface area contributed by atoms with Crippen molar-refractivity contribution in [2.45, 2.75) is 13.8 Å². The molecule has 0 N–H and O–H groups in total. The van der Waals surface area contributed by atoms with Crippen LogP contribution >= 0.6 is 15.9 Å². The summed E-state index contributed by atoms with van der Waals surface area (Å²) >= 11 is 3.18. The molecule has 0 aliphatic carbocycles. The summed E-state index contributed by atoms with van der Waals surface area (Å²) < 4.78 is 24.1. The Morgan fingerprint density at radius 1 is 1.53 bits per heavy atom. The quantitative estimate of drug-likeness (QED) is 0.810. The summed E-state index contributed by atoms with van der Waals surface area (Å²) in [6.45, 7) is 3.46. The maximum Gasteiger partial charge on any atom is 0.344 e. The number of pyridine rings is 1. The molecule has 2 rings (SSSR count). The Hall–Kier alpha value is -1.76. The van der Waals surface area contributed by atoms with Gasteiger partial charge in [0.25, 0.3) is 0 Å². The predicted molar refractivity (Wildman–Crippen MR) is 68.1 cm³/mol. The molecule has 0 saturated heterocycles. The summed E-state index contributed by atoms with van der Waals surface area (Å²) in [7, 11) is 0. The summed E-state index contributed by atoms with van der Waals surface area (Å²) in [5.74, 6) is -0.927. The van der Waals surface area contributed by atoms with Crippen LogP contribution in [0.15, 0.2) is 21.4 Å². The molecule has 0 saturated carbocycles. The summed E-state index contributed by atoms with van der Waals surface area (Å²) in [5.41, 5.74) is 0.338. The Morgan fingerprint density at radius 2 is 2.26 bits per heavy atom. The van der Waals surface area contributed by atoms with Crippen LogP contribution in [0.4, 0.5) is 4.39 Å². The third kappa shape index (κ3) is 2.51. The summed E-state index contributed by atoms with van der Waals surface area (Å²) in [6, 6.07) is 0. The van der Waals surface area contributed by atoms with Crippen molar-refractivity contribution in [3.05, 3.63) is 34.0 Å². The number of aryl methyl sites for hydroxylation is 1. The first kappa shape index (κ1) is 13.7. The van der Waals surface area contributed by atoms with Gasteiger partial charge in [0.2, 0.25) is 0 Å². The molecule has 0 aliphatic rings. The number of rotatable bonds is 3. The lowest BCUT2D eigenvalue weighted by Gasteiger charge is -2.05. The van der Waals surface area contributed by atoms with Crippen molar-refractivity contribution < 1.29 is 18.4 Å². The molecule has 0 radical (unpaired) electrons. The van der Waals surface area contributed by atoms with E-state index in [1.807, 2.05) is 0 Å². The van der Waals surface area contributed by atoms with Gasteiger partial charge in [-0.05, 0) is 29.8 Å². The number of hydrogen-bond donors (Lipinski definition) is 0. The van der Waals surface area contributed by atoms with E-state index in [1.165, 1.54) is 6.20 Å². The third-order valence-corrected chi connectivity index (χ3v) is 3.03. The number of esters is 1. The van der Waals surface area contributed by atoms with E-state index in [0.29, 0.717) is 4.47 Å². The first-order chi connectivity index (χ1) is 9.06. The second-order valence-electron chi connectivity index (χ2n) is 3.66. The third-order valence-electron chi connectivity index (χ3n) is 2.43. The van der Waals surface area contributed by atoms with Crippen LogP contribution in [0.25, 0.3) is 11.3 Å². The molecular weight excluding hydrogens is 319 g/mol. The highest BCUT2D eigenvalue weighted by atomic mass is 79.9. The van der Waals surface area contributed by atoms with E-state index in [4.69, 9.17) is 9.26 Å². The normalized spacial score (nSPS) is 10.5. The van der Waals surface area contributed by atoms with Gasteiger partial charge in [-0.15, -0.1) is 0 Å². The van der Waals surface area contributed by atoms with Gasteiger partial charge in [-0.3, -0.25) is 4.98 Å². The molecule has 100 valence electrons. The summed E-state index contributed by atoms with van der Waals surface area (Å²) in [5, 5.41) is 3.74. The molecular formula is C12H10BrFN2O3. The molecule has 0 unspecified atom stereocenters. The monoisotopic (exact) mass is 328 g/mol. The van der Waals surface area contributed by atoms with Crippen molar-refractivity contribution >= 4 is 21.9 Å². The Kier molecular flexibility index (Phi) is 3.94. The van der Waals surface area contributed by atoms with E-state index in [0.717, 1.165) is 6.20 Å². The molecule has 0 fully saturated rings. The highest BCUT2D eigenvalue weighted by molar-refractivity contribution is 9.10. The number of aromatic nitrogens is 2. The SMILES string of the molecule is CCOC(=O)c1c(-c2c(F)cncc2Br)noc1C. The Balaban J connectivity index is 2.61. The average molecular weight is 329 g/mol. The van der Waals surface area contributed by atoms with Gasteiger partial charge in [-0.1, -0.05) is 5.16 Å². The molecule has 7 heteroatoms. The van der Waals surface area contributed by atoms with Crippen molar-refractivity contribution in [2.75, 3.05) is 6.61 Å². The lowest BCUT2D eigenvalue weighted by Crippen LogP contribution is -2.07. The van der Waals surface area contributed by atoms with E-state index in [9.17, 15) is 9.18 Å². The molecule has 0 amide bonds. The maximum absolute atomic E-state index is 13.8. The topological polar surface area (TPSA) is 65.2 Å². The van der Waals surface area contributed by atoms with Crippen molar-refractivity contribution in [3.63, 3.8) is 0 Å². The fourth-order valence-corrected chi connectivity index (χ4v) is 2.12. The van der Waals surface area contributed by atoms with E-state index in [2.05, 4.69) is 26.1 Å². The zero-order chi connectivity index (χ0) is 14.0. The van der Waals surface area contributed by atoms with E-state index < -0.39 is 11.8 Å². The minimum atomic E-state index is -0.603. The standard InChI is InChI=1S/C12H10BrFN2O3/c1-3-18-12(17)9-6(2)19-16-11(9)10-7(13)4-15-5-8(10)14/h4-5H,3H2,1-2H3. The molecule has 0 atom stereocenters. The first-order valence-corrected chi connectivity index (χ1v) is 6.28. The lowest BCUT2D eigenvalue weighted by atomic mass is 10.1. The van der Waals surface area contributed by atoms with Crippen LogP contribution in [0.2, 0.25) is 0 Å². The van der Waals surface area contributed by atoms with Gasteiger partial charge >= 0.3 is 5.97 Å². The Bertz CT molecular complexity index is 607. The fourth-order valence-electron chi connectivity index (χ4n) is 1.62. The van der Waals surface area contributed by atoms with Crippen molar-refractivity contribution in [1.82, 2.24) is 10.1 Å². The minimum absolute atomic E-state index is 0.0997. The van der Waals surface area contributed by atoms with Crippen LogP contribution in [-0.4, -0.2) is 22.7 Å². The maximum atomic E-state index is 13.8. The summed E-state index contributed by atoms with van der Waals surface area (Å²) in [4.78, 5) is 15.6. The van der Waals surface area contributed by atoms with Gasteiger partial charge in [0.15, 0.2) is 5.82 Å². The number of carbonyl (C=O) groups is 1. The van der Waals surface area contributed by atoms with Gasteiger partial charge in [-0.25, -0.2) is 9.18 Å². The first-order valence-electron chi connectivity index (χ1n) is 5.49. The molecule has 2 heterocycles. The number of halogens is 2. The number of carbonyl (C=O) groups excluding carboxylic acids is 1. The van der Waals surface area contributed by atoms with Crippen LogP contribution in [0.1, 0.15) is 23.0 Å². The van der Waals surface area contributed by atoms with Crippen LogP contribution in [0.3, 0.4) is 0 Å². The van der Waals surface area contributed by atoms with Gasteiger partial charge < -0.3 is 9.26 Å². The van der Waals surface area contributed by atoms with E-state index in [-0.39, 0.29) is 29.2 Å². The van der Waals surface area contributed by atoms with Crippen molar-refractivity contribution in [2.24, 2.45) is 0 Å². The minimum Gasteiger partial charge on any atom is -0.462 e. The fraction of sp³-hybridized carbons (Fsp3) is 0.250. The Labute approximate surface area is 116 Å². The second-order valence-corrected chi connectivity index (χ2v) is 4.52. The predicted octanol–water partition coefficient (Wildman–Crippen LogP) is 3.12. The van der Waals surface area contributed by atoms with Crippen molar-refractivity contribution in [3.8, 4) is 11.3 Å².